The zero-order chi connectivity index (χ0) is 18.9. The topological polar surface area (TPSA) is 107 Å². The maximum atomic E-state index is 5.20. The highest BCUT2D eigenvalue weighted by Crippen LogP contribution is 2.24. The Morgan fingerprint density at radius 3 is 2.86 bits per heavy atom. The van der Waals surface area contributed by atoms with Crippen molar-refractivity contribution in [3.63, 3.8) is 0 Å². The van der Waals surface area contributed by atoms with Gasteiger partial charge in [-0.15, -0.1) is 5.10 Å². The molecule has 5 rings (SSSR count). The van der Waals surface area contributed by atoms with Crippen LogP contribution >= 0.6 is 11.8 Å². The number of nitrogens with zero attached hydrogens (tertiary/aromatic N) is 7. The SMILES string of the molecule is COc1ccc(-c2ccnc(SCc3nc4c5cn[nH]c5ncn4n3)n2)cc1. The molecule has 0 aliphatic rings. The molecule has 0 bridgehead atoms. The minimum Gasteiger partial charge on any atom is -0.497 e. The minimum absolute atomic E-state index is 0.549. The Morgan fingerprint density at radius 1 is 1.11 bits per heavy atom. The fourth-order valence-corrected chi connectivity index (χ4v) is 3.49. The monoisotopic (exact) mass is 390 g/mol. The van der Waals surface area contributed by atoms with Gasteiger partial charge in [0.1, 0.15) is 12.1 Å². The lowest BCUT2D eigenvalue weighted by atomic mass is 10.1. The molecule has 0 amide bonds. The van der Waals surface area contributed by atoms with E-state index in [0.29, 0.717) is 22.4 Å². The summed E-state index contributed by atoms with van der Waals surface area (Å²) in [6.45, 7) is 0. The van der Waals surface area contributed by atoms with E-state index in [1.165, 1.54) is 11.8 Å². The van der Waals surface area contributed by atoms with Gasteiger partial charge in [0.05, 0.1) is 30.1 Å². The van der Waals surface area contributed by atoms with E-state index in [-0.39, 0.29) is 0 Å². The van der Waals surface area contributed by atoms with Crippen molar-refractivity contribution >= 4 is 28.4 Å². The number of hydrogen-bond donors (Lipinski definition) is 1. The van der Waals surface area contributed by atoms with E-state index in [4.69, 9.17) is 4.74 Å². The average molecular weight is 390 g/mol. The molecule has 10 heteroatoms. The Kier molecular flexibility index (Phi) is 4.09. The summed E-state index contributed by atoms with van der Waals surface area (Å²) in [4.78, 5) is 17.8. The van der Waals surface area contributed by atoms with Gasteiger partial charge < -0.3 is 4.74 Å². The molecule has 0 aliphatic heterocycles. The van der Waals surface area contributed by atoms with Crippen molar-refractivity contribution in [3.05, 3.63) is 54.9 Å². The van der Waals surface area contributed by atoms with Crippen LogP contribution in [0.5, 0.6) is 5.75 Å². The number of fused-ring (bicyclic) bond motifs is 3. The molecular weight excluding hydrogens is 376 g/mol. The molecule has 0 fully saturated rings. The van der Waals surface area contributed by atoms with Crippen LogP contribution in [0.25, 0.3) is 27.9 Å². The van der Waals surface area contributed by atoms with Crippen LogP contribution < -0.4 is 4.74 Å². The molecule has 28 heavy (non-hydrogen) atoms. The fourth-order valence-electron chi connectivity index (χ4n) is 2.81. The Labute approximate surface area is 163 Å². The molecule has 9 nitrogen and oxygen atoms in total. The molecule has 1 N–H and O–H groups in total. The van der Waals surface area contributed by atoms with Crippen molar-refractivity contribution in [1.29, 1.82) is 0 Å². The maximum Gasteiger partial charge on any atom is 0.188 e. The normalized spacial score (nSPS) is 11.3. The third-order valence-corrected chi connectivity index (χ3v) is 5.04. The molecule has 0 unspecified atom stereocenters. The zero-order valence-corrected chi connectivity index (χ0v) is 15.6. The van der Waals surface area contributed by atoms with Gasteiger partial charge in [-0.05, 0) is 30.3 Å². The number of rotatable bonds is 5. The fraction of sp³-hybridized carbons (Fsp3) is 0.111. The van der Waals surface area contributed by atoms with Crippen molar-refractivity contribution in [2.45, 2.75) is 10.9 Å². The average Bonchev–Trinajstić information content (AvgIpc) is 3.38. The second-order valence-electron chi connectivity index (χ2n) is 5.91. The van der Waals surface area contributed by atoms with Crippen LogP contribution in [0.3, 0.4) is 0 Å². The van der Waals surface area contributed by atoms with Crippen molar-refractivity contribution in [3.8, 4) is 17.0 Å². The van der Waals surface area contributed by atoms with Crippen molar-refractivity contribution < 1.29 is 4.74 Å². The largest absolute Gasteiger partial charge is 0.497 e. The molecule has 0 atom stereocenters. The van der Waals surface area contributed by atoms with Crippen LogP contribution in [0, 0.1) is 0 Å². The first-order valence-corrected chi connectivity index (χ1v) is 9.42. The van der Waals surface area contributed by atoms with Crippen LogP contribution in [-0.2, 0) is 5.75 Å². The summed E-state index contributed by atoms with van der Waals surface area (Å²) < 4.78 is 6.85. The summed E-state index contributed by atoms with van der Waals surface area (Å²) in [6, 6.07) is 9.66. The molecular formula is C18H14N8OS. The van der Waals surface area contributed by atoms with E-state index in [1.807, 2.05) is 30.3 Å². The summed E-state index contributed by atoms with van der Waals surface area (Å²) >= 11 is 1.48. The van der Waals surface area contributed by atoms with Gasteiger partial charge in [0, 0.05) is 11.8 Å². The Bertz CT molecular complexity index is 1260. The highest BCUT2D eigenvalue weighted by atomic mass is 32.2. The number of benzene rings is 1. The smallest absolute Gasteiger partial charge is 0.188 e. The van der Waals surface area contributed by atoms with Gasteiger partial charge in [0.25, 0.3) is 0 Å². The molecule has 0 spiro atoms. The number of nitrogens with one attached hydrogen (secondary N) is 1. The molecule has 4 aromatic heterocycles. The van der Waals surface area contributed by atoms with Crippen LogP contribution in [0.4, 0.5) is 0 Å². The molecule has 4 heterocycles. The van der Waals surface area contributed by atoms with E-state index >= 15 is 0 Å². The summed E-state index contributed by atoms with van der Waals surface area (Å²) in [5.41, 5.74) is 3.27. The molecule has 0 aliphatic carbocycles. The molecule has 138 valence electrons. The predicted octanol–water partition coefficient (Wildman–Crippen LogP) is 2.76. The Balaban J connectivity index is 1.37. The molecule has 5 aromatic rings. The van der Waals surface area contributed by atoms with Gasteiger partial charge in [-0.1, -0.05) is 11.8 Å². The number of aromatic amines is 1. The molecule has 0 radical (unpaired) electrons. The lowest BCUT2D eigenvalue weighted by Crippen LogP contribution is -1.92. The lowest BCUT2D eigenvalue weighted by Gasteiger charge is -2.04. The number of H-pyrrole nitrogens is 1. The van der Waals surface area contributed by atoms with E-state index in [9.17, 15) is 0 Å². The molecule has 0 saturated heterocycles. The summed E-state index contributed by atoms with van der Waals surface area (Å²) in [5, 5.41) is 12.8. The van der Waals surface area contributed by atoms with Gasteiger partial charge in [0.15, 0.2) is 22.3 Å². The number of thioether (sulfide) groups is 1. The third kappa shape index (κ3) is 3.03. The van der Waals surface area contributed by atoms with Crippen LogP contribution in [0.2, 0.25) is 0 Å². The van der Waals surface area contributed by atoms with Crippen LogP contribution in [0.15, 0.2) is 54.2 Å². The highest BCUT2D eigenvalue weighted by Gasteiger charge is 2.11. The van der Waals surface area contributed by atoms with Gasteiger partial charge in [-0.3, -0.25) is 5.10 Å². The predicted molar refractivity (Wildman–Crippen MR) is 104 cm³/mol. The Hall–Kier alpha value is -3.53. The first-order valence-electron chi connectivity index (χ1n) is 8.44. The first-order chi connectivity index (χ1) is 13.8. The van der Waals surface area contributed by atoms with E-state index in [1.54, 1.807) is 30.3 Å². The van der Waals surface area contributed by atoms with Crippen molar-refractivity contribution in [1.82, 2.24) is 39.7 Å². The minimum atomic E-state index is 0.549. The third-order valence-electron chi connectivity index (χ3n) is 4.18. The number of aromatic nitrogens is 8. The van der Waals surface area contributed by atoms with Crippen molar-refractivity contribution in [2.24, 2.45) is 0 Å². The van der Waals surface area contributed by atoms with E-state index in [2.05, 4.69) is 35.2 Å². The summed E-state index contributed by atoms with van der Waals surface area (Å²) in [7, 11) is 1.65. The van der Waals surface area contributed by atoms with Crippen molar-refractivity contribution in [2.75, 3.05) is 7.11 Å². The maximum absolute atomic E-state index is 5.20. The zero-order valence-electron chi connectivity index (χ0n) is 14.8. The number of ether oxygens (including phenoxy) is 1. The van der Waals surface area contributed by atoms with Gasteiger partial charge in [-0.2, -0.15) is 5.10 Å². The number of methoxy groups -OCH3 is 1. The standard InChI is InChI=1S/C18H14N8OS/c1-27-12-4-2-11(3-5-12)14-6-7-19-18(22-14)28-9-15-23-17-13-8-21-24-16(13)20-10-26(17)25-15/h2-8,10H,9H2,1H3,(H,21,24). The Morgan fingerprint density at radius 2 is 2.00 bits per heavy atom. The van der Waals surface area contributed by atoms with E-state index < -0.39 is 0 Å². The molecule has 0 saturated carbocycles. The number of hydrogen-bond acceptors (Lipinski definition) is 8. The second kappa shape index (κ2) is 6.89. The van der Waals surface area contributed by atoms with Crippen LogP contribution in [-0.4, -0.2) is 46.9 Å². The lowest BCUT2D eigenvalue weighted by molar-refractivity contribution is 0.415. The highest BCUT2D eigenvalue weighted by molar-refractivity contribution is 7.98. The summed E-state index contributed by atoms with van der Waals surface area (Å²) in [5.74, 6) is 2.04. The quantitative estimate of drug-likeness (QED) is 0.361. The van der Waals surface area contributed by atoms with E-state index in [0.717, 1.165) is 28.0 Å². The van der Waals surface area contributed by atoms with Crippen LogP contribution in [0.1, 0.15) is 5.82 Å². The van der Waals surface area contributed by atoms with Gasteiger partial charge >= 0.3 is 0 Å². The van der Waals surface area contributed by atoms with Gasteiger partial charge in [0.2, 0.25) is 0 Å². The first kappa shape index (κ1) is 16.6. The second-order valence-corrected chi connectivity index (χ2v) is 6.86. The van der Waals surface area contributed by atoms with Gasteiger partial charge in [-0.25, -0.2) is 24.5 Å². The molecule has 1 aromatic carbocycles. The summed E-state index contributed by atoms with van der Waals surface area (Å²) in [6.07, 6.45) is 5.08.